The van der Waals surface area contributed by atoms with Gasteiger partial charge in [-0.3, -0.25) is 4.79 Å². The molecule has 0 saturated heterocycles. The van der Waals surface area contributed by atoms with Crippen LogP contribution in [0.15, 0.2) is 52.3 Å². The molecule has 1 aromatic carbocycles. The van der Waals surface area contributed by atoms with Crippen LogP contribution >= 0.6 is 11.6 Å². The quantitative estimate of drug-likeness (QED) is 0.423. The van der Waals surface area contributed by atoms with E-state index in [0.717, 1.165) is 54.7 Å². The number of hydrogen-bond donors (Lipinski definition) is 2. The highest BCUT2D eigenvalue weighted by Gasteiger charge is 2.00. The zero-order chi connectivity index (χ0) is 18.8. The molecule has 1 heterocycles. The van der Waals surface area contributed by atoms with Gasteiger partial charge in [-0.05, 0) is 50.5 Å². The SMILES string of the molecule is CCNC(=NCc1ccc(Cl)cc1)NCCCCn1c(C)cccc1=O. The number of aryl methyl sites for hydroxylation is 1. The molecule has 0 radical (unpaired) electrons. The van der Waals surface area contributed by atoms with Gasteiger partial charge in [0.2, 0.25) is 0 Å². The van der Waals surface area contributed by atoms with Crippen LogP contribution in [0.5, 0.6) is 0 Å². The van der Waals surface area contributed by atoms with E-state index in [4.69, 9.17) is 11.6 Å². The number of nitrogens with one attached hydrogen (secondary N) is 2. The maximum Gasteiger partial charge on any atom is 0.250 e. The second kappa shape index (κ2) is 10.7. The van der Waals surface area contributed by atoms with Gasteiger partial charge in [-0.25, -0.2) is 4.99 Å². The van der Waals surface area contributed by atoms with Gasteiger partial charge in [0.05, 0.1) is 6.54 Å². The summed E-state index contributed by atoms with van der Waals surface area (Å²) in [5.74, 6) is 0.801. The lowest BCUT2D eigenvalue weighted by Crippen LogP contribution is -2.37. The van der Waals surface area contributed by atoms with Gasteiger partial charge in [0.1, 0.15) is 0 Å². The number of halogens is 1. The molecule has 0 aliphatic heterocycles. The monoisotopic (exact) mass is 374 g/mol. The van der Waals surface area contributed by atoms with E-state index in [0.29, 0.717) is 6.54 Å². The number of nitrogens with zero attached hydrogens (tertiary/aromatic N) is 2. The number of pyridine rings is 1. The summed E-state index contributed by atoms with van der Waals surface area (Å²) in [4.78, 5) is 16.4. The van der Waals surface area contributed by atoms with E-state index in [2.05, 4.69) is 15.6 Å². The first-order valence-electron chi connectivity index (χ1n) is 9.03. The Morgan fingerprint density at radius 2 is 1.88 bits per heavy atom. The van der Waals surface area contributed by atoms with Crippen molar-refractivity contribution in [2.75, 3.05) is 13.1 Å². The van der Waals surface area contributed by atoms with Crippen LogP contribution in [0, 0.1) is 6.92 Å². The van der Waals surface area contributed by atoms with E-state index in [1.807, 2.05) is 48.7 Å². The fourth-order valence-corrected chi connectivity index (χ4v) is 2.74. The maximum atomic E-state index is 11.8. The highest BCUT2D eigenvalue weighted by Crippen LogP contribution is 2.10. The van der Waals surface area contributed by atoms with Gasteiger partial charge in [0, 0.05) is 36.4 Å². The normalized spacial score (nSPS) is 11.4. The zero-order valence-electron chi connectivity index (χ0n) is 15.5. The Kier molecular flexibility index (Phi) is 8.22. The molecule has 0 aliphatic carbocycles. The first kappa shape index (κ1) is 20.0. The van der Waals surface area contributed by atoms with E-state index in [1.165, 1.54) is 0 Å². The number of benzene rings is 1. The van der Waals surface area contributed by atoms with Crippen LogP contribution in [0.3, 0.4) is 0 Å². The zero-order valence-corrected chi connectivity index (χ0v) is 16.2. The van der Waals surface area contributed by atoms with Crippen LogP contribution < -0.4 is 16.2 Å². The molecule has 5 nitrogen and oxygen atoms in total. The minimum atomic E-state index is 0.0656. The molecule has 140 valence electrons. The minimum Gasteiger partial charge on any atom is -0.357 e. The molecule has 0 bridgehead atoms. The number of aromatic nitrogens is 1. The van der Waals surface area contributed by atoms with Crippen LogP contribution in [0.4, 0.5) is 0 Å². The molecule has 0 unspecified atom stereocenters. The van der Waals surface area contributed by atoms with Gasteiger partial charge >= 0.3 is 0 Å². The van der Waals surface area contributed by atoms with Crippen LogP contribution in [-0.4, -0.2) is 23.6 Å². The summed E-state index contributed by atoms with van der Waals surface area (Å²) >= 11 is 5.90. The van der Waals surface area contributed by atoms with E-state index >= 15 is 0 Å². The molecular formula is C20H27ClN4O. The Morgan fingerprint density at radius 3 is 2.58 bits per heavy atom. The van der Waals surface area contributed by atoms with Crippen molar-refractivity contribution in [2.24, 2.45) is 4.99 Å². The Hall–Kier alpha value is -2.27. The Balaban J connectivity index is 1.78. The van der Waals surface area contributed by atoms with Crippen molar-refractivity contribution in [3.8, 4) is 0 Å². The maximum absolute atomic E-state index is 11.8. The van der Waals surface area contributed by atoms with Gasteiger partial charge in [0.15, 0.2) is 5.96 Å². The van der Waals surface area contributed by atoms with Gasteiger partial charge in [-0.15, -0.1) is 0 Å². The summed E-state index contributed by atoms with van der Waals surface area (Å²) < 4.78 is 1.82. The summed E-state index contributed by atoms with van der Waals surface area (Å²) in [6, 6.07) is 13.1. The van der Waals surface area contributed by atoms with Crippen molar-refractivity contribution in [2.45, 2.75) is 39.8 Å². The molecule has 0 spiro atoms. The van der Waals surface area contributed by atoms with Crippen LogP contribution in [-0.2, 0) is 13.1 Å². The molecular weight excluding hydrogens is 348 g/mol. The number of unbranched alkanes of at least 4 members (excludes halogenated alkanes) is 1. The van der Waals surface area contributed by atoms with Crippen molar-refractivity contribution < 1.29 is 0 Å². The van der Waals surface area contributed by atoms with Gasteiger partial charge < -0.3 is 15.2 Å². The third-order valence-electron chi connectivity index (χ3n) is 4.05. The lowest BCUT2D eigenvalue weighted by atomic mass is 10.2. The molecule has 2 rings (SSSR count). The van der Waals surface area contributed by atoms with Crippen LogP contribution in [0.2, 0.25) is 5.02 Å². The summed E-state index contributed by atoms with van der Waals surface area (Å²) in [7, 11) is 0. The van der Waals surface area contributed by atoms with Crippen molar-refractivity contribution in [1.82, 2.24) is 15.2 Å². The van der Waals surface area contributed by atoms with Crippen molar-refractivity contribution in [3.05, 3.63) is 69.1 Å². The lowest BCUT2D eigenvalue weighted by molar-refractivity contribution is 0.575. The smallest absolute Gasteiger partial charge is 0.250 e. The topological polar surface area (TPSA) is 58.4 Å². The molecule has 26 heavy (non-hydrogen) atoms. The van der Waals surface area contributed by atoms with E-state index < -0.39 is 0 Å². The number of rotatable bonds is 8. The van der Waals surface area contributed by atoms with E-state index in [-0.39, 0.29) is 5.56 Å². The molecule has 0 saturated carbocycles. The second-order valence-corrected chi connectivity index (χ2v) is 6.55. The van der Waals surface area contributed by atoms with E-state index in [1.54, 1.807) is 12.1 Å². The first-order valence-corrected chi connectivity index (χ1v) is 9.41. The van der Waals surface area contributed by atoms with E-state index in [9.17, 15) is 4.79 Å². The highest BCUT2D eigenvalue weighted by atomic mass is 35.5. The second-order valence-electron chi connectivity index (χ2n) is 6.11. The molecule has 1 aromatic heterocycles. The third kappa shape index (κ3) is 6.56. The number of aliphatic imine (C=N–C) groups is 1. The van der Waals surface area contributed by atoms with Crippen LogP contribution in [0.1, 0.15) is 31.0 Å². The first-order chi connectivity index (χ1) is 12.6. The number of guanidine groups is 1. The molecule has 0 fully saturated rings. The molecule has 0 amide bonds. The molecule has 0 aliphatic rings. The average molecular weight is 375 g/mol. The van der Waals surface area contributed by atoms with Gasteiger partial charge in [-0.2, -0.15) is 0 Å². The fraction of sp³-hybridized carbons (Fsp3) is 0.400. The summed E-state index contributed by atoms with van der Waals surface area (Å²) in [6.07, 6.45) is 1.90. The predicted molar refractivity (Wildman–Crippen MR) is 109 cm³/mol. The van der Waals surface area contributed by atoms with Crippen molar-refractivity contribution >= 4 is 17.6 Å². The number of hydrogen-bond acceptors (Lipinski definition) is 2. The van der Waals surface area contributed by atoms with Gasteiger partial charge in [-0.1, -0.05) is 29.8 Å². The largest absolute Gasteiger partial charge is 0.357 e. The average Bonchev–Trinajstić information content (AvgIpc) is 2.62. The Labute approximate surface area is 160 Å². The fourth-order valence-electron chi connectivity index (χ4n) is 2.61. The molecule has 0 atom stereocenters. The van der Waals surface area contributed by atoms with Crippen molar-refractivity contribution in [3.63, 3.8) is 0 Å². The Bertz CT molecular complexity index is 768. The van der Waals surface area contributed by atoms with Gasteiger partial charge in [0.25, 0.3) is 5.56 Å². The highest BCUT2D eigenvalue weighted by molar-refractivity contribution is 6.30. The Morgan fingerprint density at radius 1 is 1.12 bits per heavy atom. The summed E-state index contributed by atoms with van der Waals surface area (Å²) in [6.45, 7) is 6.98. The minimum absolute atomic E-state index is 0.0656. The summed E-state index contributed by atoms with van der Waals surface area (Å²) in [5.41, 5.74) is 2.18. The molecule has 2 N–H and O–H groups in total. The lowest BCUT2D eigenvalue weighted by Gasteiger charge is -2.12. The third-order valence-corrected chi connectivity index (χ3v) is 4.30. The standard InChI is InChI=1S/C20H27ClN4O/c1-3-22-20(24-15-17-9-11-18(21)12-10-17)23-13-4-5-14-25-16(2)7-6-8-19(25)26/h6-12H,3-5,13-15H2,1-2H3,(H2,22,23,24). The molecule has 6 heteroatoms. The van der Waals surface area contributed by atoms with Crippen LogP contribution in [0.25, 0.3) is 0 Å². The predicted octanol–water partition coefficient (Wildman–Crippen LogP) is 3.35. The summed E-state index contributed by atoms with van der Waals surface area (Å²) in [5, 5.41) is 7.32. The molecule has 2 aromatic rings. The van der Waals surface area contributed by atoms with Crippen molar-refractivity contribution in [1.29, 1.82) is 0 Å².